The first kappa shape index (κ1) is 13.3. The Kier molecular flexibility index (Phi) is 4.22. The zero-order chi connectivity index (χ0) is 13.1. The molecule has 0 saturated carbocycles. The number of nitrogens with two attached hydrogens (primary N) is 1. The summed E-state index contributed by atoms with van der Waals surface area (Å²) in [5.41, 5.74) is 6.42. The third-order valence-electron chi connectivity index (χ3n) is 2.30. The Labute approximate surface area is 118 Å². The predicted octanol–water partition coefficient (Wildman–Crippen LogP) is 4.49. The molecule has 0 aliphatic heterocycles. The van der Waals surface area contributed by atoms with E-state index in [0.717, 1.165) is 5.56 Å². The van der Waals surface area contributed by atoms with Crippen molar-refractivity contribution in [1.82, 2.24) is 0 Å². The van der Waals surface area contributed by atoms with Crippen LogP contribution in [0, 0.1) is 5.82 Å². The zero-order valence-corrected chi connectivity index (χ0v) is 11.6. The summed E-state index contributed by atoms with van der Waals surface area (Å²) in [5.74, 6) is 0.463. The molecule has 2 N–H and O–H groups in total. The molecule has 0 heterocycles. The third kappa shape index (κ3) is 3.22. The van der Waals surface area contributed by atoms with Crippen LogP contribution in [0.4, 0.5) is 4.39 Å². The van der Waals surface area contributed by atoms with Gasteiger partial charge in [-0.25, -0.2) is 4.39 Å². The zero-order valence-electron chi connectivity index (χ0n) is 9.29. The fraction of sp³-hybridized carbons (Fsp3) is 0.0769. The monoisotopic (exact) mass is 329 g/mol. The Balaban J connectivity index is 2.28. The Morgan fingerprint density at radius 3 is 2.61 bits per heavy atom. The summed E-state index contributed by atoms with van der Waals surface area (Å²) in [5, 5.41) is 0.443. The van der Waals surface area contributed by atoms with Gasteiger partial charge in [-0.1, -0.05) is 33.6 Å². The van der Waals surface area contributed by atoms with E-state index < -0.39 is 0 Å². The molecule has 0 atom stereocenters. The average molecular weight is 331 g/mol. The van der Waals surface area contributed by atoms with Crippen molar-refractivity contribution in [2.45, 2.75) is 6.54 Å². The first-order valence-corrected chi connectivity index (χ1v) is 6.38. The SMILES string of the molecule is NCc1ccc(Oc2cc(F)cc(Br)c2)c(Cl)c1. The maximum Gasteiger partial charge on any atom is 0.146 e. The first-order valence-electron chi connectivity index (χ1n) is 5.21. The number of rotatable bonds is 3. The minimum atomic E-state index is -0.380. The highest BCUT2D eigenvalue weighted by atomic mass is 79.9. The number of ether oxygens (including phenoxy) is 1. The number of benzene rings is 2. The van der Waals surface area contributed by atoms with E-state index in [0.29, 0.717) is 27.5 Å². The average Bonchev–Trinajstić information content (AvgIpc) is 2.30. The molecular formula is C13H10BrClFNO. The lowest BCUT2D eigenvalue weighted by atomic mass is 10.2. The number of hydrogen-bond acceptors (Lipinski definition) is 2. The van der Waals surface area contributed by atoms with E-state index >= 15 is 0 Å². The van der Waals surface area contributed by atoms with Crippen molar-refractivity contribution < 1.29 is 9.13 Å². The van der Waals surface area contributed by atoms with Crippen LogP contribution >= 0.6 is 27.5 Å². The van der Waals surface area contributed by atoms with Crippen LogP contribution in [0.25, 0.3) is 0 Å². The van der Waals surface area contributed by atoms with Gasteiger partial charge in [-0.05, 0) is 29.8 Å². The molecule has 0 unspecified atom stereocenters. The molecular weight excluding hydrogens is 321 g/mol. The van der Waals surface area contributed by atoms with Gasteiger partial charge in [0.05, 0.1) is 5.02 Å². The minimum Gasteiger partial charge on any atom is -0.456 e. The molecule has 94 valence electrons. The topological polar surface area (TPSA) is 35.2 Å². The predicted molar refractivity (Wildman–Crippen MR) is 73.5 cm³/mol. The summed E-state index contributed by atoms with van der Waals surface area (Å²) in [4.78, 5) is 0. The van der Waals surface area contributed by atoms with Gasteiger partial charge in [-0.2, -0.15) is 0 Å². The molecule has 2 nitrogen and oxygen atoms in total. The van der Waals surface area contributed by atoms with Crippen molar-refractivity contribution in [3.63, 3.8) is 0 Å². The number of hydrogen-bond donors (Lipinski definition) is 1. The van der Waals surface area contributed by atoms with E-state index in [1.54, 1.807) is 18.2 Å². The summed E-state index contributed by atoms with van der Waals surface area (Å²) in [6, 6.07) is 9.56. The van der Waals surface area contributed by atoms with E-state index in [9.17, 15) is 4.39 Å². The standard InChI is InChI=1S/C13H10BrClFNO/c14-9-4-10(16)6-11(5-9)18-13-2-1-8(7-17)3-12(13)15/h1-6H,7,17H2. The smallest absolute Gasteiger partial charge is 0.146 e. The van der Waals surface area contributed by atoms with Gasteiger partial charge < -0.3 is 10.5 Å². The summed E-state index contributed by atoms with van der Waals surface area (Å²) in [6.07, 6.45) is 0. The lowest BCUT2D eigenvalue weighted by Crippen LogP contribution is -1.96. The van der Waals surface area contributed by atoms with Crippen molar-refractivity contribution in [2.24, 2.45) is 5.73 Å². The van der Waals surface area contributed by atoms with Gasteiger partial charge in [0.1, 0.15) is 17.3 Å². The highest BCUT2D eigenvalue weighted by Gasteiger charge is 2.06. The summed E-state index contributed by atoms with van der Waals surface area (Å²) >= 11 is 9.25. The van der Waals surface area contributed by atoms with Gasteiger partial charge in [-0.15, -0.1) is 0 Å². The van der Waals surface area contributed by atoms with E-state index in [4.69, 9.17) is 22.1 Å². The van der Waals surface area contributed by atoms with Crippen molar-refractivity contribution in [3.05, 3.63) is 57.3 Å². The van der Waals surface area contributed by atoms with Crippen LogP contribution in [0.5, 0.6) is 11.5 Å². The highest BCUT2D eigenvalue weighted by Crippen LogP contribution is 2.31. The maximum atomic E-state index is 13.2. The quantitative estimate of drug-likeness (QED) is 0.899. The van der Waals surface area contributed by atoms with Crippen LogP contribution in [-0.4, -0.2) is 0 Å². The van der Waals surface area contributed by atoms with E-state index in [2.05, 4.69) is 15.9 Å². The molecule has 0 amide bonds. The van der Waals surface area contributed by atoms with Crippen LogP contribution < -0.4 is 10.5 Å². The fourth-order valence-corrected chi connectivity index (χ4v) is 2.15. The van der Waals surface area contributed by atoms with Gasteiger partial charge in [-0.3, -0.25) is 0 Å². The normalized spacial score (nSPS) is 10.4. The van der Waals surface area contributed by atoms with E-state index in [-0.39, 0.29) is 5.82 Å². The summed E-state index contributed by atoms with van der Waals surface area (Å²) in [7, 11) is 0. The lowest BCUT2D eigenvalue weighted by molar-refractivity contribution is 0.476. The van der Waals surface area contributed by atoms with Crippen molar-refractivity contribution in [2.75, 3.05) is 0 Å². The largest absolute Gasteiger partial charge is 0.456 e. The molecule has 0 spiro atoms. The molecule has 5 heteroatoms. The third-order valence-corrected chi connectivity index (χ3v) is 3.05. The van der Waals surface area contributed by atoms with Gasteiger partial charge >= 0.3 is 0 Å². The molecule has 2 aromatic rings. The molecule has 18 heavy (non-hydrogen) atoms. The molecule has 0 bridgehead atoms. The van der Waals surface area contributed by atoms with Crippen LogP contribution in [0.15, 0.2) is 40.9 Å². The molecule has 2 rings (SSSR count). The van der Waals surface area contributed by atoms with E-state index in [1.165, 1.54) is 12.1 Å². The lowest BCUT2D eigenvalue weighted by Gasteiger charge is -2.09. The maximum absolute atomic E-state index is 13.2. The van der Waals surface area contributed by atoms with Crippen molar-refractivity contribution >= 4 is 27.5 Å². The second-order valence-electron chi connectivity index (χ2n) is 3.68. The Hall–Kier alpha value is -1.10. The molecule has 0 radical (unpaired) electrons. The van der Waals surface area contributed by atoms with Crippen LogP contribution in [-0.2, 0) is 6.54 Å². The first-order chi connectivity index (χ1) is 8.58. The van der Waals surface area contributed by atoms with Crippen LogP contribution in [0.2, 0.25) is 5.02 Å². The fourth-order valence-electron chi connectivity index (χ4n) is 1.47. The molecule has 0 saturated heterocycles. The van der Waals surface area contributed by atoms with Crippen molar-refractivity contribution in [3.8, 4) is 11.5 Å². The van der Waals surface area contributed by atoms with Gasteiger partial charge in [0.2, 0.25) is 0 Å². The van der Waals surface area contributed by atoms with Crippen molar-refractivity contribution in [1.29, 1.82) is 0 Å². The minimum absolute atomic E-state index is 0.379. The molecule has 0 aliphatic rings. The summed E-state index contributed by atoms with van der Waals surface area (Å²) in [6.45, 7) is 0.408. The Bertz CT molecular complexity index is 557. The molecule has 2 aromatic carbocycles. The highest BCUT2D eigenvalue weighted by molar-refractivity contribution is 9.10. The second kappa shape index (κ2) is 5.69. The number of halogens is 3. The van der Waals surface area contributed by atoms with Gasteiger partial charge in [0, 0.05) is 17.1 Å². The molecule has 0 aromatic heterocycles. The Morgan fingerprint density at radius 2 is 2.00 bits per heavy atom. The second-order valence-corrected chi connectivity index (χ2v) is 5.00. The Morgan fingerprint density at radius 1 is 1.22 bits per heavy atom. The molecule has 0 aliphatic carbocycles. The molecule has 0 fully saturated rings. The van der Waals surface area contributed by atoms with Gasteiger partial charge in [0.25, 0.3) is 0 Å². The summed E-state index contributed by atoms with van der Waals surface area (Å²) < 4.78 is 19.3. The van der Waals surface area contributed by atoms with E-state index in [1.807, 2.05) is 6.07 Å². The van der Waals surface area contributed by atoms with Crippen LogP contribution in [0.3, 0.4) is 0 Å². The van der Waals surface area contributed by atoms with Crippen LogP contribution in [0.1, 0.15) is 5.56 Å². The van der Waals surface area contributed by atoms with Gasteiger partial charge in [0.15, 0.2) is 0 Å².